The predicted octanol–water partition coefficient (Wildman–Crippen LogP) is 6.46. The van der Waals surface area contributed by atoms with E-state index in [0.717, 1.165) is 32.9 Å². The molecular weight excluding hydrogens is 723 g/mol. The number of carboxylic acid groups (broad SMARTS) is 1. The fourth-order valence-corrected chi connectivity index (χ4v) is 7.55. The van der Waals surface area contributed by atoms with Crippen LogP contribution in [0.25, 0.3) is 0 Å². The summed E-state index contributed by atoms with van der Waals surface area (Å²) >= 11 is 13.6. The van der Waals surface area contributed by atoms with E-state index < -0.39 is 35.5 Å². The van der Waals surface area contributed by atoms with Gasteiger partial charge < -0.3 is 25.9 Å². The highest BCUT2D eigenvalue weighted by molar-refractivity contribution is 7.19. The molecule has 0 aliphatic carbocycles. The summed E-state index contributed by atoms with van der Waals surface area (Å²) in [5.74, 6) is -2.73. The zero-order valence-electron chi connectivity index (χ0n) is 29.0. The molecule has 272 valence electrons. The second kappa shape index (κ2) is 17.2. The van der Waals surface area contributed by atoms with Crippen LogP contribution < -0.4 is 11.1 Å². The molecule has 4 aromatic rings. The maximum Gasteiger partial charge on any atom is 0.353 e. The Hall–Kier alpha value is -4.75. The molecule has 0 spiro atoms. The van der Waals surface area contributed by atoms with E-state index in [0.29, 0.717) is 6.42 Å². The van der Waals surface area contributed by atoms with Crippen molar-refractivity contribution >= 4 is 63.2 Å². The Morgan fingerprint density at radius 1 is 0.962 bits per heavy atom. The van der Waals surface area contributed by atoms with Crippen LogP contribution in [0, 0.1) is 0 Å². The van der Waals surface area contributed by atoms with Gasteiger partial charge in [-0.15, -0.1) is 0 Å². The van der Waals surface area contributed by atoms with Gasteiger partial charge in [0.1, 0.15) is 21.8 Å². The average molecular weight is 764 g/mol. The van der Waals surface area contributed by atoms with Crippen molar-refractivity contribution in [2.24, 2.45) is 5.16 Å². The molecule has 11 nitrogen and oxygen atoms in total. The molecule has 0 bridgehead atoms. The van der Waals surface area contributed by atoms with Crippen LogP contribution in [0.5, 0.6) is 0 Å². The molecule has 2 aliphatic heterocycles. The van der Waals surface area contributed by atoms with E-state index in [-0.39, 0.29) is 38.0 Å². The number of anilines is 1. The summed E-state index contributed by atoms with van der Waals surface area (Å²) in [7, 11) is 0. The summed E-state index contributed by atoms with van der Waals surface area (Å²) in [5.41, 5.74) is 6.18. The number of nitrogens with two attached hydrogens (primary N) is 1. The van der Waals surface area contributed by atoms with Gasteiger partial charge in [-0.1, -0.05) is 151 Å². The maximum absolute atomic E-state index is 14.0. The highest BCUT2D eigenvalue weighted by Gasteiger charge is 2.54. The summed E-state index contributed by atoms with van der Waals surface area (Å²) in [6.07, 6.45) is 0.606. The minimum Gasteiger partial charge on any atom is -0.477 e. The van der Waals surface area contributed by atoms with Gasteiger partial charge in [0.05, 0.1) is 6.04 Å². The molecule has 3 aromatic carbocycles. The lowest BCUT2D eigenvalue weighted by molar-refractivity contribution is -0.155. The minimum absolute atomic E-state index is 0.0267. The van der Waals surface area contributed by atoms with Gasteiger partial charge in [-0.25, -0.2) is 9.78 Å². The number of fused-ring (bicyclic) bond motifs is 1. The number of thiazole rings is 1. The topological polar surface area (TPSA) is 150 Å². The van der Waals surface area contributed by atoms with Gasteiger partial charge in [0.2, 0.25) is 5.60 Å². The van der Waals surface area contributed by atoms with Crippen LogP contribution in [-0.4, -0.2) is 75.1 Å². The summed E-state index contributed by atoms with van der Waals surface area (Å²) in [4.78, 5) is 53.1. The van der Waals surface area contributed by atoms with Crippen LogP contribution in [0.2, 0.25) is 4.34 Å². The number of amides is 2. The SMILES string of the molecule is CCN(CC)CC.Nc1nc(C(=NOC(c2ccccc2)(c2ccccc2)c2ccccc2)C(=O)N[C@H]2C(=O)N3C(C(=O)O)=C(Cl)CCC23)c(Cl)s1. The number of oxime groups is 1. The van der Waals surface area contributed by atoms with Gasteiger partial charge >= 0.3 is 5.97 Å². The third kappa shape index (κ3) is 7.85. The minimum atomic E-state index is -1.33. The van der Waals surface area contributed by atoms with Crippen molar-refractivity contribution in [3.63, 3.8) is 0 Å². The van der Waals surface area contributed by atoms with Crippen LogP contribution in [0.4, 0.5) is 5.13 Å². The van der Waals surface area contributed by atoms with Crippen LogP contribution in [0.3, 0.4) is 0 Å². The van der Waals surface area contributed by atoms with Gasteiger partial charge in [-0.2, -0.15) is 0 Å². The second-order valence-electron chi connectivity index (χ2n) is 11.9. The van der Waals surface area contributed by atoms with E-state index in [1.807, 2.05) is 91.0 Å². The van der Waals surface area contributed by atoms with Crippen molar-refractivity contribution in [1.29, 1.82) is 0 Å². The monoisotopic (exact) mass is 762 g/mol. The molecule has 0 saturated carbocycles. The quantitative estimate of drug-likeness (QED) is 0.0644. The van der Waals surface area contributed by atoms with Crippen LogP contribution in [-0.2, 0) is 24.8 Å². The first-order chi connectivity index (χ1) is 25.1. The number of carboxylic acids is 1. The number of carbonyl (C=O) groups is 3. The number of aromatic nitrogens is 1. The Bertz CT molecular complexity index is 1830. The Morgan fingerprint density at radius 3 is 1.87 bits per heavy atom. The normalized spacial score (nSPS) is 17.2. The number of hydrogen-bond acceptors (Lipinski definition) is 9. The highest BCUT2D eigenvalue weighted by Crippen LogP contribution is 2.42. The van der Waals surface area contributed by atoms with Gasteiger partial charge in [0.25, 0.3) is 11.8 Å². The van der Waals surface area contributed by atoms with Crippen LogP contribution in [0.15, 0.2) is 107 Å². The van der Waals surface area contributed by atoms with E-state index in [1.165, 1.54) is 19.6 Å². The number of nitrogen functional groups attached to an aromatic ring is 1. The molecule has 2 amide bonds. The van der Waals surface area contributed by atoms with E-state index in [2.05, 4.69) is 41.1 Å². The third-order valence-electron chi connectivity index (χ3n) is 9.06. The van der Waals surface area contributed by atoms with E-state index in [1.54, 1.807) is 0 Å². The Kier molecular flexibility index (Phi) is 12.7. The molecule has 52 heavy (non-hydrogen) atoms. The smallest absolute Gasteiger partial charge is 0.353 e. The molecule has 1 saturated heterocycles. The van der Waals surface area contributed by atoms with Gasteiger partial charge in [-0.3, -0.25) is 14.5 Å². The number of nitrogens with one attached hydrogen (secondary N) is 1. The lowest BCUT2D eigenvalue weighted by Crippen LogP contribution is -2.72. The highest BCUT2D eigenvalue weighted by atomic mass is 35.5. The number of β-lactam (4-membered cyclic amide) rings is 1. The van der Waals surface area contributed by atoms with Gasteiger partial charge in [0.15, 0.2) is 10.8 Å². The summed E-state index contributed by atoms with van der Waals surface area (Å²) in [6, 6.07) is 26.6. The van der Waals surface area contributed by atoms with Crippen molar-refractivity contribution in [2.75, 3.05) is 25.4 Å². The molecule has 1 fully saturated rings. The molecular formula is C38H40Cl2N6O5S. The summed E-state index contributed by atoms with van der Waals surface area (Å²) < 4.78 is 0.0943. The zero-order chi connectivity index (χ0) is 37.4. The zero-order valence-corrected chi connectivity index (χ0v) is 31.3. The molecule has 3 heterocycles. The lowest BCUT2D eigenvalue weighted by atomic mass is 9.80. The molecule has 14 heteroatoms. The summed E-state index contributed by atoms with van der Waals surface area (Å²) in [5, 5.41) is 16.9. The molecule has 2 aliphatic rings. The van der Waals surface area contributed by atoms with Crippen molar-refractivity contribution in [3.05, 3.63) is 128 Å². The van der Waals surface area contributed by atoms with Crippen molar-refractivity contribution < 1.29 is 24.3 Å². The number of halogens is 2. The number of rotatable bonds is 12. The second-order valence-corrected chi connectivity index (χ2v) is 14.0. The predicted molar refractivity (Wildman–Crippen MR) is 204 cm³/mol. The number of carbonyl (C=O) groups excluding carboxylic acids is 2. The molecule has 1 unspecified atom stereocenters. The Labute approximate surface area is 316 Å². The lowest BCUT2D eigenvalue weighted by Gasteiger charge is -2.49. The average Bonchev–Trinajstić information content (AvgIpc) is 3.50. The van der Waals surface area contributed by atoms with E-state index >= 15 is 0 Å². The molecule has 1 aromatic heterocycles. The largest absolute Gasteiger partial charge is 0.477 e. The van der Waals surface area contributed by atoms with E-state index in [4.69, 9.17) is 33.8 Å². The molecule has 2 atom stereocenters. The number of allylic oxidation sites excluding steroid dienone is 1. The number of benzene rings is 3. The van der Waals surface area contributed by atoms with Crippen molar-refractivity contribution in [2.45, 2.75) is 51.3 Å². The molecule has 6 rings (SSSR count). The maximum atomic E-state index is 14.0. The first kappa shape index (κ1) is 38.5. The molecule has 0 radical (unpaired) electrons. The Morgan fingerprint density at radius 2 is 1.46 bits per heavy atom. The fraction of sp³-hybridized carbons (Fsp3) is 0.289. The van der Waals surface area contributed by atoms with Gasteiger partial charge in [-0.05, 0) is 32.5 Å². The standard InChI is InChI=1S/C32H25Cl2N5O5S.C6H15N/c33-21-16-17-22-23(29(41)39(22)26(21)30(42)43)36-28(40)25(24-27(34)45-31(35)37-24)38-44-32(18-10-4-1-5-11-18,19-12-6-2-7-13-19)20-14-8-3-9-15-20;1-4-7(5-2)6-3/h1-15,22-23H,16-17H2,(H2,35,37)(H,36,40)(H,42,43);4-6H2,1-3H3/t22?,23-;/m1./s1. The van der Waals surface area contributed by atoms with Gasteiger partial charge in [0, 0.05) is 21.7 Å². The first-order valence-corrected chi connectivity index (χ1v) is 18.5. The fourth-order valence-electron chi connectivity index (χ4n) is 6.34. The van der Waals surface area contributed by atoms with Crippen LogP contribution in [0.1, 0.15) is 56.0 Å². The summed E-state index contributed by atoms with van der Waals surface area (Å²) in [6.45, 7) is 10.1. The Balaban J connectivity index is 0.000000679. The number of nitrogens with zero attached hydrogens (tertiary/aromatic N) is 4. The molecule has 4 N–H and O–H groups in total. The number of aliphatic carboxylic acids is 1. The van der Waals surface area contributed by atoms with Crippen LogP contribution >= 0.6 is 34.5 Å². The van der Waals surface area contributed by atoms with Crippen molar-refractivity contribution in [1.82, 2.24) is 20.1 Å². The number of hydrogen-bond donors (Lipinski definition) is 3. The third-order valence-corrected chi connectivity index (χ3v) is 10.5. The van der Waals surface area contributed by atoms with Crippen molar-refractivity contribution in [3.8, 4) is 0 Å². The first-order valence-electron chi connectivity index (χ1n) is 16.9. The van der Waals surface area contributed by atoms with E-state index in [9.17, 15) is 19.5 Å².